The van der Waals surface area contributed by atoms with Crippen LogP contribution >= 0.6 is 0 Å². The highest BCUT2D eigenvalue weighted by molar-refractivity contribution is 5.81. The number of nitrogens with one attached hydrogen (secondary N) is 1. The molecule has 2 aromatic carbocycles. The molecule has 2 N–H and O–H groups in total. The number of nitrogens with zero attached hydrogens (tertiary/aromatic N) is 2. The number of rotatable bonds is 6. The van der Waals surface area contributed by atoms with E-state index in [2.05, 4.69) is 29.6 Å². The number of alkyl carbamates (subject to hydrolysis) is 1. The molecule has 1 saturated heterocycles. The van der Waals surface area contributed by atoms with Crippen molar-refractivity contribution in [1.29, 1.82) is 0 Å². The smallest absolute Gasteiger partial charge is 0.407 e. The van der Waals surface area contributed by atoms with Crippen LogP contribution in [0.2, 0.25) is 0 Å². The van der Waals surface area contributed by atoms with E-state index in [9.17, 15) is 19.5 Å². The van der Waals surface area contributed by atoms with E-state index in [0.717, 1.165) is 22.3 Å². The van der Waals surface area contributed by atoms with E-state index < -0.39 is 24.1 Å². The third kappa shape index (κ3) is 4.85. The van der Waals surface area contributed by atoms with Crippen molar-refractivity contribution < 1.29 is 24.2 Å². The van der Waals surface area contributed by atoms with Crippen LogP contribution in [-0.2, 0) is 14.3 Å². The quantitative estimate of drug-likeness (QED) is 0.700. The van der Waals surface area contributed by atoms with E-state index in [1.54, 1.807) is 23.8 Å². The summed E-state index contributed by atoms with van der Waals surface area (Å²) >= 11 is 0. The Balaban J connectivity index is 1.30. The van der Waals surface area contributed by atoms with Crippen molar-refractivity contribution >= 4 is 18.0 Å². The number of hydrogen-bond acceptors (Lipinski definition) is 5. The Bertz CT molecular complexity index is 1010. The number of benzene rings is 2. The second-order valence-electron chi connectivity index (χ2n) is 8.75. The molecule has 2 aromatic rings. The van der Waals surface area contributed by atoms with Crippen LogP contribution in [0.1, 0.15) is 30.4 Å². The summed E-state index contributed by atoms with van der Waals surface area (Å²) < 4.78 is 5.54. The molecular weight excluding hydrogens is 422 g/mol. The highest BCUT2D eigenvalue weighted by atomic mass is 16.5. The van der Waals surface area contributed by atoms with Gasteiger partial charge in [0.2, 0.25) is 5.91 Å². The third-order valence-corrected chi connectivity index (χ3v) is 6.47. The molecule has 1 heterocycles. The van der Waals surface area contributed by atoms with Crippen LogP contribution in [0.15, 0.2) is 48.5 Å². The average Bonchev–Trinajstić information content (AvgIpc) is 3.11. The molecule has 1 aliphatic carbocycles. The summed E-state index contributed by atoms with van der Waals surface area (Å²) in [4.78, 5) is 39.7. The Labute approximate surface area is 193 Å². The van der Waals surface area contributed by atoms with Crippen molar-refractivity contribution in [3.05, 3.63) is 59.7 Å². The molecule has 0 spiro atoms. The SMILES string of the molecule is C[C@H](CC(=O)N1CCN(C)C(C(=O)O)C1)NC(=O)OCC1c2ccccc2-c2ccccc21. The maximum atomic E-state index is 12.6. The molecule has 8 nitrogen and oxygen atoms in total. The molecule has 8 heteroatoms. The van der Waals surface area contributed by atoms with E-state index in [1.807, 2.05) is 24.3 Å². The number of aliphatic carboxylic acids is 1. The second kappa shape index (κ2) is 9.62. The molecule has 1 unspecified atom stereocenters. The van der Waals surface area contributed by atoms with Crippen LogP contribution in [0, 0.1) is 0 Å². The van der Waals surface area contributed by atoms with Gasteiger partial charge in [0.1, 0.15) is 12.6 Å². The number of ether oxygens (including phenoxy) is 1. The van der Waals surface area contributed by atoms with Crippen molar-refractivity contribution in [1.82, 2.24) is 15.1 Å². The first-order valence-corrected chi connectivity index (χ1v) is 11.2. The average molecular weight is 452 g/mol. The van der Waals surface area contributed by atoms with Crippen LogP contribution in [0.25, 0.3) is 11.1 Å². The van der Waals surface area contributed by atoms with Gasteiger partial charge in [0.05, 0.1) is 0 Å². The topological polar surface area (TPSA) is 99.2 Å². The van der Waals surface area contributed by atoms with Gasteiger partial charge < -0.3 is 20.1 Å². The highest BCUT2D eigenvalue weighted by Crippen LogP contribution is 2.44. The summed E-state index contributed by atoms with van der Waals surface area (Å²) in [7, 11) is 1.74. The van der Waals surface area contributed by atoms with Crippen LogP contribution in [0.4, 0.5) is 4.79 Å². The maximum absolute atomic E-state index is 12.6. The van der Waals surface area contributed by atoms with Gasteiger partial charge in [0.15, 0.2) is 0 Å². The van der Waals surface area contributed by atoms with Gasteiger partial charge in [-0.25, -0.2) is 4.79 Å². The van der Waals surface area contributed by atoms with Gasteiger partial charge in [0, 0.05) is 38.0 Å². The predicted molar refractivity (Wildman–Crippen MR) is 123 cm³/mol. The van der Waals surface area contributed by atoms with Crippen molar-refractivity contribution in [3.8, 4) is 11.1 Å². The lowest BCUT2D eigenvalue weighted by Gasteiger charge is -2.37. The largest absolute Gasteiger partial charge is 0.480 e. The standard InChI is InChI=1S/C25H29N3O5/c1-16(13-23(29)28-12-11-27(2)22(14-28)24(30)31)26-25(32)33-15-21-19-9-5-3-7-17(19)18-8-4-6-10-20(18)21/h3-10,16,21-22H,11-15H2,1-2H3,(H,26,32)(H,30,31)/t16-,22?/m1/s1. The molecule has 4 rings (SSSR count). The van der Waals surface area contributed by atoms with Crippen LogP contribution in [0.5, 0.6) is 0 Å². The molecule has 0 saturated carbocycles. The van der Waals surface area contributed by atoms with Gasteiger partial charge in [-0.05, 0) is 36.2 Å². The van der Waals surface area contributed by atoms with Crippen LogP contribution in [-0.4, -0.2) is 78.2 Å². The lowest BCUT2D eigenvalue weighted by Crippen LogP contribution is -2.56. The molecule has 2 aliphatic rings. The van der Waals surface area contributed by atoms with E-state index in [0.29, 0.717) is 13.1 Å². The van der Waals surface area contributed by atoms with Gasteiger partial charge in [-0.3, -0.25) is 14.5 Å². The summed E-state index contributed by atoms with van der Waals surface area (Å²) in [5, 5.41) is 12.1. The molecule has 2 amide bonds. The fourth-order valence-electron chi connectivity index (χ4n) is 4.65. The lowest BCUT2D eigenvalue weighted by atomic mass is 9.98. The minimum absolute atomic E-state index is 0.0293. The number of piperazine rings is 1. The first-order chi connectivity index (χ1) is 15.8. The first kappa shape index (κ1) is 22.8. The molecule has 2 atom stereocenters. The predicted octanol–water partition coefficient (Wildman–Crippen LogP) is 2.53. The second-order valence-corrected chi connectivity index (χ2v) is 8.75. The lowest BCUT2D eigenvalue weighted by molar-refractivity contribution is -0.147. The van der Waals surface area contributed by atoms with E-state index in [4.69, 9.17) is 4.74 Å². The fourth-order valence-corrected chi connectivity index (χ4v) is 4.65. The Hall–Kier alpha value is -3.39. The Morgan fingerprint density at radius 2 is 1.67 bits per heavy atom. The highest BCUT2D eigenvalue weighted by Gasteiger charge is 2.33. The minimum Gasteiger partial charge on any atom is -0.480 e. The monoisotopic (exact) mass is 451 g/mol. The third-order valence-electron chi connectivity index (χ3n) is 6.47. The molecule has 1 aliphatic heterocycles. The molecule has 33 heavy (non-hydrogen) atoms. The summed E-state index contributed by atoms with van der Waals surface area (Å²) in [5.41, 5.74) is 4.59. The maximum Gasteiger partial charge on any atom is 0.407 e. The molecule has 0 bridgehead atoms. The van der Waals surface area contributed by atoms with E-state index in [-0.39, 0.29) is 31.4 Å². The number of hydrogen-bond donors (Lipinski definition) is 2. The summed E-state index contributed by atoms with van der Waals surface area (Å²) in [5.74, 6) is -1.15. The van der Waals surface area contributed by atoms with E-state index >= 15 is 0 Å². The van der Waals surface area contributed by atoms with Crippen LogP contribution < -0.4 is 5.32 Å². The molecular formula is C25H29N3O5. The summed E-state index contributed by atoms with van der Waals surface area (Å²) in [6, 6.07) is 15.1. The number of amides is 2. The molecule has 174 valence electrons. The van der Waals surface area contributed by atoms with Gasteiger partial charge in [-0.15, -0.1) is 0 Å². The number of carboxylic acids is 1. The van der Waals surface area contributed by atoms with Crippen molar-refractivity contribution in [3.63, 3.8) is 0 Å². The summed E-state index contributed by atoms with van der Waals surface area (Å²) in [6.07, 6.45) is -0.487. The number of carbonyl (C=O) groups excluding carboxylic acids is 2. The molecule has 1 fully saturated rings. The molecule has 0 aromatic heterocycles. The number of likely N-dealkylation sites (N-methyl/N-ethyl adjacent to an activating group) is 1. The minimum atomic E-state index is -0.945. The van der Waals surface area contributed by atoms with Gasteiger partial charge in [-0.1, -0.05) is 48.5 Å². The fraction of sp³-hybridized carbons (Fsp3) is 0.400. The number of carbonyl (C=O) groups is 3. The normalized spacial score (nSPS) is 18.8. The Morgan fingerprint density at radius 3 is 2.27 bits per heavy atom. The Kier molecular flexibility index (Phi) is 6.65. The number of fused-ring (bicyclic) bond motifs is 3. The molecule has 0 radical (unpaired) electrons. The zero-order valence-electron chi connectivity index (χ0n) is 18.9. The zero-order chi connectivity index (χ0) is 23.5. The van der Waals surface area contributed by atoms with Crippen molar-refractivity contribution in [2.75, 3.05) is 33.3 Å². The van der Waals surface area contributed by atoms with Gasteiger partial charge in [-0.2, -0.15) is 0 Å². The Morgan fingerprint density at radius 1 is 1.06 bits per heavy atom. The summed E-state index contributed by atoms with van der Waals surface area (Å²) in [6.45, 7) is 3.05. The number of carboxylic acid groups (broad SMARTS) is 1. The van der Waals surface area contributed by atoms with Gasteiger partial charge >= 0.3 is 12.1 Å². The zero-order valence-corrected chi connectivity index (χ0v) is 18.9. The van der Waals surface area contributed by atoms with Crippen molar-refractivity contribution in [2.45, 2.75) is 31.3 Å². The van der Waals surface area contributed by atoms with E-state index in [1.165, 1.54) is 0 Å². The van der Waals surface area contributed by atoms with Gasteiger partial charge in [0.25, 0.3) is 0 Å². The van der Waals surface area contributed by atoms with Crippen LogP contribution in [0.3, 0.4) is 0 Å². The first-order valence-electron chi connectivity index (χ1n) is 11.2. The van der Waals surface area contributed by atoms with Crippen molar-refractivity contribution in [2.24, 2.45) is 0 Å².